The summed E-state index contributed by atoms with van der Waals surface area (Å²) in [7, 11) is 0. The van der Waals surface area contributed by atoms with Gasteiger partial charge in [0.15, 0.2) is 4.77 Å². The maximum absolute atomic E-state index is 10.5. The molecule has 0 amide bonds. The van der Waals surface area contributed by atoms with Crippen molar-refractivity contribution in [3.63, 3.8) is 0 Å². The Balaban J connectivity index is 3.74. The summed E-state index contributed by atoms with van der Waals surface area (Å²) in [6.45, 7) is 7.41. The minimum atomic E-state index is -0.256. The van der Waals surface area contributed by atoms with Gasteiger partial charge in [-0.3, -0.25) is 4.79 Å². The van der Waals surface area contributed by atoms with Crippen molar-refractivity contribution in [2.45, 2.75) is 38.1 Å². The zero-order valence-electron chi connectivity index (χ0n) is 9.33. The highest BCUT2D eigenvalue weighted by Gasteiger charge is 2.18. The summed E-state index contributed by atoms with van der Waals surface area (Å²) in [6, 6.07) is 0. The molecule has 0 fully saturated rings. The van der Waals surface area contributed by atoms with E-state index in [0.29, 0.717) is 5.94 Å². The largest absolute Gasteiger partial charge is 0.455 e. The van der Waals surface area contributed by atoms with Crippen LogP contribution in [0.2, 0.25) is 0 Å². The van der Waals surface area contributed by atoms with Gasteiger partial charge in [0.2, 0.25) is 0 Å². The van der Waals surface area contributed by atoms with E-state index < -0.39 is 0 Å². The number of ether oxygens (including phenoxy) is 2. The van der Waals surface area contributed by atoms with Crippen LogP contribution in [0.4, 0.5) is 0 Å². The maximum Gasteiger partial charge on any atom is 0.303 e. The molecule has 0 saturated carbocycles. The van der Waals surface area contributed by atoms with E-state index in [1.165, 1.54) is 18.7 Å². The summed E-state index contributed by atoms with van der Waals surface area (Å²) < 4.78 is 10.5. The Hall–Kier alpha value is 0.130. The van der Waals surface area contributed by atoms with Crippen LogP contribution in [0.15, 0.2) is 0 Å². The SMILES string of the molecule is CSC(OC(C)(C)C)SCOC(C)=O. The van der Waals surface area contributed by atoms with Crippen molar-refractivity contribution >= 4 is 29.5 Å². The van der Waals surface area contributed by atoms with Crippen molar-refractivity contribution < 1.29 is 14.3 Å². The molecule has 0 spiro atoms. The monoisotopic (exact) mass is 238 g/mol. The minimum absolute atomic E-state index is 0.00866. The highest BCUT2D eigenvalue weighted by Crippen LogP contribution is 2.27. The van der Waals surface area contributed by atoms with Gasteiger partial charge in [0.25, 0.3) is 0 Å². The first-order valence-corrected chi connectivity index (χ1v) is 6.64. The Kier molecular flexibility index (Phi) is 6.64. The first kappa shape index (κ1) is 14.1. The lowest BCUT2D eigenvalue weighted by Gasteiger charge is -2.25. The zero-order valence-corrected chi connectivity index (χ0v) is 11.0. The van der Waals surface area contributed by atoms with Crippen LogP contribution in [0.3, 0.4) is 0 Å². The highest BCUT2D eigenvalue weighted by molar-refractivity contribution is 8.16. The van der Waals surface area contributed by atoms with E-state index in [0.717, 1.165) is 0 Å². The number of thioether (sulfide) groups is 2. The number of carbonyl (C=O) groups is 1. The van der Waals surface area contributed by atoms with Crippen molar-refractivity contribution in [2.24, 2.45) is 0 Å². The van der Waals surface area contributed by atoms with Crippen molar-refractivity contribution in [1.82, 2.24) is 0 Å². The first-order chi connectivity index (χ1) is 6.35. The molecule has 1 unspecified atom stereocenters. The van der Waals surface area contributed by atoms with Gasteiger partial charge in [-0.25, -0.2) is 0 Å². The van der Waals surface area contributed by atoms with Gasteiger partial charge >= 0.3 is 5.97 Å². The molecule has 14 heavy (non-hydrogen) atoms. The summed E-state index contributed by atoms with van der Waals surface area (Å²) in [4.78, 5) is 10.5. The average molecular weight is 238 g/mol. The predicted octanol–water partition coefficient (Wildman–Crippen LogP) is 2.70. The molecule has 0 radical (unpaired) electrons. The van der Waals surface area contributed by atoms with Crippen molar-refractivity contribution in [3.05, 3.63) is 0 Å². The third-order valence-corrected chi connectivity index (χ3v) is 3.20. The van der Waals surface area contributed by atoms with Crippen LogP contribution < -0.4 is 0 Å². The molecule has 0 saturated heterocycles. The van der Waals surface area contributed by atoms with Crippen LogP contribution in [-0.4, -0.2) is 28.5 Å². The van der Waals surface area contributed by atoms with E-state index in [9.17, 15) is 4.79 Å². The van der Waals surface area contributed by atoms with E-state index in [1.54, 1.807) is 11.8 Å². The Bertz CT molecular complexity index is 177. The summed E-state index contributed by atoms with van der Waals surface area (Å²) in [6.07, 6.45) is 1.97. The molecular formula is C9H18O3S2. The van der Waals surface area contributed by atoms with Gasteiger partial charge in [-0.1, -0.05) is 11.8 Å². The van der Waals surface area contributed by atoms with E-state index >= 15 is 0 Å². The molecule has 84 valence electrons. The molecule has 0 aliphatic carbocycles. The van der Waals surface area contributed by atoms with Crippen LogP contribution in [0, 0.1) is 0 Å². The minimum Gasteiger partial charge on any atom is -0.455 e. The standard InChI is InChI=1S/C9H18O3S2/c1-7(10)11-6-14-8(13-5)12-9(2,3)4/h8H,6H2,1-5H3. The van der Waals surface area contributed by atoms with Gasteiger partial charge in [0.1, 0.15) is 5.94 Å². The first-order valence-electron chi connectivity index (χ1n) is 4.31. The van der Waals surface area contributed by atoms with Gasteiger partial charge in [-0.05, 0) is 27.0 Å². The maximum atomic E-state index is 10.5. The topological polar surface area (TPSA) is 35.5 Å². The van der Waals surface area contributed by atoms with Gasteiger partial charge < -0.3 is 9.47 Å². The van der Waals surface area contributed by atoms with Gasteiger partial charge in [0, 0.05) is 6.92 Å². The van der Waals surface area contributed by atoms with Crippen LogP contribution >= 0.6 is 23.5 Å². The zero-order chi connectivity index (χ0) is 11.2. The average Bonchev–Trinajstić information content (AvgIpc) is 1.99. The van der Waals surface area contributed by atoms with Crippen molar-refractivity contribution in [3.8, 4) is 0 Å². The van der Waals surface area contributed by atoms with Crippen LogP contribution in [0.1, 0.15) is 27.7 Å². The second kappa shape index (κ2) is 6.58. The van der Waals surface area contributed by atoms with Gasteiger partial charge in [-0.15, -0.1) is 11.8 Å². The second-order valence-electron chi connectivity index (χ2n) is 3.68. The quantitative estimate of drug-likeness (QED) is 0.543. The molecule has 3 nitrogen and oxygen atoms in total. The molecule has 0 aliphatic rings. The number of esters is 1. The summed E-state index contributed by atoms with van der Waals surface area (Å²) >= 11 is 3.07. The molecule has 0 rings (SSSR count). The summed E-state index contributed by atoms with van der Waals surface area (Å²) in [5.41, 5.74) is -0.170. The number of rotatable bonds is 5. The smallest absolute Gasteiger partial charge is 0.303 e. The Labute approximate surface area is 94.3 Å². The third-order valence-electron chi connectivity index (χ3n) is 1.11. The van der Waals surface area contributed by atoms with E-state index in [1.807, 2.05) is 27.0 Å². The fraction of sp³-hybridized carbons (Fsp3) is 0.889. The Morgan fingerprint density at radius 3 is 2.36 bits per heavy atom. The van der Waals surface area contributed by atoms with E-state index in [4.69, 9.17) is 9.47 Å². The number of hydrogen-bond acceptors (Lipinski definition) is 5. The van der Waals surface area contributed by atoms with Crippen LogP contribution in [-0.2, 0) is 14.3 Å². The Morgan fingerprint density at radius 2 is 2.00 bits per heavy atom. The van der Waals surface area contributed by atoms with Crippen LogP contribution in [0.25, 0.3) is 0 Å². The molecular weight excluding hydrogens is 220 g/mol. The molecule has 0 aliphatic heterocycles. The van der Waals surface area contributed by atoms with E-state index in [-0.39, 0.29) is 16.3 Å². The highest BCUT2D eigenvalue weighted by atomic mass is 32.2. The molecule has 0 heterocycles. The molecule has 0 aromatic rings. The lowest BCUT2D eigenvalue weighted by atomic mass is 10.2. The predicted molar refractivity (Wildman–Crippen MR) is 62.4 cm³/mol. The normalized spacial score (nSPS) is 13.8. The fourth-order valence-corrected chi connectivity index (χ4v) is 2.41. The molecule has 5 heteroatoms. The molecule has 1 atom stereocenters. The lowest BCUT2D eigenvalue weighted by Crippen LogP contribution is -2.24. The molecule has 0 N–H and O–H groups in total. The Morgan fingerprint density at radius 1 is 1.43 bits per heavy atom. The van der Waals surface area contributed by atoms with Crippen LogP contribution in [0.5, 0.6) is 0 Å². The molecule has 0 aromatic heterocycles. The number of carbonyl (C=O) groups excluding carboxylic acids is 1. The fourth-order valence-electron chi connectivity index (χ4n) is 0.611. The summed E-state index contributed by atoms with van der Waals surface area (Å²) in [5, 5.41) is 0. The van der Waals surface area contributed by atoms with Gasteiger partial charge in [0.05, 0.1) is 5.60 Å². The molecule has 0 aromatic carbocycles. The summed E-state index contributed by atoms with van der Waals surface area (Å²) in [5.74, 6) is 0.0878. The van der Waals surface area contributed by atoms with Crippen molar-refractivity contribution in [2.75, 3.05) is 12.2 Å². The van der Waals surface area contributed by atoms with Gasteiger partial charge in [-0.2, -0.15) is 0 Å². The van der Waals surface area contributed by atoms with E-state index in [2.05, 4.69) is 0 Å². The molecule has 0 bridgehead atoms. The van der Waals surface area contributed by atoms with Crippen molar-refractivity contribution in [1.29, 1.82) is 0 Å². The second-order valence-corrected chi connectivity index (χ2v) is 5.87. The number of hydrogen-bond donors (Lipinski definition) is 0. The third kappa shape index (κ3) is 8.72. The lowest BCUT2D eigenvalue weighted by molar-refractivity contribution is -0.138.